The largest absolute Gasteiger partial charge is 0.353 e. The molecule has 5 heteroatoms. The highest BCUT2D eigenvalue weighted by Gasteiger charge is 2.29. The van der Waals surface area contributed by atoms with Gasteiger partial charge in [0.05, 0.1) is 6.04 Å². The van der Waals surface area contributed by atoms with Crippen LogP contribution in [0.4, 0.5) is 0 Å². The van der Waals surface area contributed by atoms with Crippen LogP contribution in [0.3, 0.4) is 0 Å². The van der Waals surface area contributed by atoms with Crippen LogP contribution >= 0.6 is 0 Å². The van der Waals surface area contributed by atoms with Crippen molar-refractivity contribution in [3.05, 3.63) is 0 Å². The Balaban J connectivity index is 1.75. The molecule has 2 aliphatic heterocycles. The van der Waals surface area contributed by atoms with Crippen LogP contribution in [0.15, 0.2) is 0 Å². The summed E-state index contributed by atoms with van der Waals surface area (Å²) in [6.07, 6.45) is 4.35. The summed E-state index contributed by atoms with van der Waals surface area (Å²) < 4.78 is 0. The third kappa shape index (κ3) is 3.22. The van der Waals surface area contributed by atoms with E-state index in [9.17, 15) is 9.59 Å². The van der Waals surface area contributed by atoms with Crippen molar-refractivity contribution in [1.29, 1.82) is 0 Å². The van der Waals surface area contributed by atoms with E-state index in [0.717, 1.165) is 45.3 Å². The van der Waals surface area contributed by atoms with Crippen LogP contribution in [0.5, 0.6) is 0 Å². The van der Waals surface area contributed by atoms with Gasteiger partial charge in [-0.05, 0) is 32.2 Å². The lowest BCUT2D eigenvalue weighted by atomic mass is 10.0. The van der Waals surface area contributed by atoms with Crippen molar-refractivity contribution in [2.24, 2.45) is 0 Å². The number of amides is 2. The first kappa shape index (κ1) is 13.3. The van der Waals surface area contributed by atoms with Crippen molar-refractivity contribution in [3.8, 4) is 0 Å². The van der Waals surface area contributed by atoms with Crippen molar-refractivity contribution in [2.75, 3.05) is 19.6 Å². The molecule has 2 heterocycles. The molecule has 0 bridgehead atoms. The molecule has 102 valence electrons. The predicted molar refractivity (Wildman–Crippen MR) is 69.1 cm³/mol. The van der Waals surface area contributed by atoms with Gasteiger partial charge < -0.3 is 15.5 Å². The van der Waals surface area contributed by atoms with Gasteiger partial charge in [0.2, 0.25) is 11.8 Å². The number of carbonyl (C=O) groups excluding carboxylic acids is 2. The molecule has 0 radical (unpaired) electrons. The molecule has 2 saturated heterocycles. The highest BCUT2D eigenvalue weighted by Crippen LogP contribution is 2.15. The molecule has 2 N–H and O–H groups in total. The van der Waals surface area contributed by atoms with Crippen molar-refractivity contribution in [1.82, 2.24) is 15.5 Å². The van der Waals surface area contributed by atoms with E-state index in [0.29, 0.717) is 6.42 Å². The summed E-state index contributed by atoms with van der Waals surface area (Å²) in [6, 6.07) is 0.282. The lowest BCUT2D eigenvalue weighted by molar-refractivity contribution is -0.134. The van der Waals surface area contributed by atoms with Gasteiger partial charge in [0.15, 0.2) is 0 Å². The molecular weight excluding hydrogens is 230 g/mol. The molecule has 0 aromatic rings. The molecule has 2 amide bonds. The van der Waals surface area contributed by atoms with Crippen molar-refractivity contribution in [3.63, 3.8) is 0 Å². The summed E-state index contributed by atoms with van der Waals surface area (Å²) in [6.45, 7) is 4.36. The molecule has 5 nitrogen and oxygen atoms in total. The molecule has 2 aliphatic rings. The molecule has 2 fully saturated rings. The molecule has 0 aliphatic carbocycles. The summed E-state index contributed by atoms with van der Waals surface area (Å²) in [4.78, 5) is 25.4. The lowest BCUT2D eigenvalue weighted by Crippen LogP contribution is -2.50. The van der Waals surface area contributed by atoms with Crippen LogP contribution in [0.25, 0.3) is 0 Å². The molecule has 0 spiro atoms. The minimum Gasteiger partial charge on any atom is -0.353 e. The number of carbonyl (C=O) groups is 2. The van der Waals surface area contributed by atoms with Crippen LogP contribution in [-0.2, 0) is 9.59 Å². The number of likely N-dealkylation sites (tertiary alicyclic amines) is 1. The van der Waals surface area contributed by atoms with Gasteiger partial charge in [-0.25, -0.2) is 0 Å². The average Bonchev–Trinajstić information content (AvgIpc) is 2.92. The second kappa shape index (κ2) is 6.18. The Morgan fingerprint density at radius 2 is 2.00 bits per heavy atom. The fraction of sp³-hybridized carbons (Fsp3) is 0.846. The van der Waals surface area contributed by atoms with Gasteiger partial charge in [0, 0.05) is 25.6 Å². The topological polar surface area (TPSA) is 61.4 Å². The van der Waals surface area contributed by atoms with Gasteiger partial charge in [-0.2, -0.15) is 0 Å². The maximum atomic E-state index is 12.2. The Labute approximate surface area is 108 Å². The van der Waals surface area contributed by atoms with Crippen molar-refractivity contribution in [2.45, 2.75) is 51.1 Å². The lowest BCUT2D eigenvalue weighted by Gasteiger charge is -2.33. The van der Waals surface area contributed by atoms with E-state index >= 15 is 0 Å². The zero-order valence-corrected chi connectivity index (χ0v) is 11.1. The van der Waals surface area contributed by atoms with Crippen LogP contribution in [-0.4, -0.2) is 48.4 Å². The minimum atomic E-state index is 0.0341. The van der Waals surface area contributed by atoms with Crippen LogP contribution in [0.2, 0.25) is 0 Å². The molecule has 2 rings (SSSR count). The van der Waals surface area contributed by atoms with Gasteiger partial charge in [-0.1, -0.05) is 6.92 Å². The molecule has 0 aromatic carbocycles. The fourth-order valence-electron chi connectivity index (χ4n) is 2.69. The standard InChI is InChI=1S/C13H23N3O2/c1-2-12(17)15-10-5-8-16(9-6-10)13(18)11-4-3-7-14-11/h10-11,14H,2-9H2,1H3,(H,15,17)/t11-/m0/s1. The second-order valence-corrected chi connectivity index (χ2v) is 5.17. The van der Waals surface area contributed by atoms with Crippen molar-refractivity contribution >= 4 is 11.8 Å². The fourth-order valence-corrected chi connectivity index (χ4v) is 2.69. The number of hydrogen-bond acceptors (Lipinski definition) is 3. The average molecular weight is 253 g/mol. The van der Waals surface area contributed by atoms with E-state index in [1.54, 1.807) is 0 Å². The summed E-state index contributed by atoms with van der Waals surface area (Å²) in [7, 11) is 0. The zero-order chi connectivity index (χ0) is 13.0. The third-order valence-electron chi connectivity index (χ3n) is 3.85. The number of nitrogens with one attached hydrogen (secondary N) is 2. The third-order valence-corrected chi connectivity index (χ3v) is 3.85. The van der Waals surface area contributed by atoms with E-state index in [1.165, 1.54) is 0 Å². The highest BCUT2D eigenvalue weighted by molar-refractivity contribution is 5.82. The van der Waals surface area contributed by atoms with E-state index in [-0.39, 0.29) is 23.9 Å². The van der Waals surface area contributed by atoms with E-state index in [2.05, 4.69) is 10.6 Å². The van der Waals surface area contributed by atoms with E-state index < -0.39 is 0 Å². The number of piperidine rings is 1. The maximum Gasteiger partial charge on any atom is 0.239 e. The SMILES string of the molecule is CCC(=O)NC1CCN(C(=O)[C@@H]2CCCN2)CC1. The van der Waals surface area contributed by atoms with E-state index in [1.807, 2.05) is 11.8 Å². The maximum absolute atomic E-state index is 12.2. The smallest absolute Gasteiger partial charge is 0.239 e. The van der Waals surface area contributed by atoms with Crippen molar-refractivity contribution < 1.29 is 9.59 Å². The molecule has 0 saturated carbocycles. The molecule has 18 heavy (non-hydrogen) atoms. The summed E-state index contributed by atoms with van der Waals surface area (Å²) in [5.41, 5.74) is 0. The molecule has 0 unspecified atom stereocenters. The number of rotatable bonds is 3. The molecule has 1 atom stereocenters. The summed E-state index contributed by atoms with van der Waals surface area (Å²) in [5, 5.41) is 6.25. The quantitative estimate of drug-likeness (QED) is 0.758. The first-order valence-electron chi connectivity index (χ1n) is 7.02. The minimum absolute atomic E-state index is 0.0341. The zero-order valence-electron chi connectivity index (χ0n) is 11.1. The Morgan fingerprint density at radius 1 is 1.28 bits per heavy atom. The van der Waals surface area contributed by atoms with Crippen LogP contribution in [0.1, 0.15) is 39.0 Å². The van der Waals surface area contributed by atoms with Gasteiger partial charge in [-0.15, -0.1) is 0 Å². The monoisotopic (exact) mass is 253 g/mol. The first-order chi connectivity index (χ1) is 8.70. The second-order valence-electron chi connectivity index (χ2n) is 5.17. The van der Waals surface area contributed by atoms with Gasteiger partial charge in [-0.3, -0.25) is 9.59 Å². The normalized spacial score (nSPS) is 25.2. The Kier molecular flexibility index (Phi) is 4.58. The number of hydrogen-bond donors (Lipinski definition) is 2. The molecule has 0 aromatic heterocycles. The van der Waals surface area contributed by atoms with Gasteiger partial charge in [0.1, 0.15) is 0 Å². The van der Waals surface area contributed by atoms with Gasteiger partial charge in [0.25, 0.3) is 0 Å². The van der Waals surface area contributed by atoms with Gasteiger partial charge >= 0.3 is 0 Å². The number of nitrogens with zero attached hydrogens (tertiary/aromatic N) is 1. The van der Waals surface area contributed by atoms with E-state index in [4.69, 9.17) is 0 Å². The first-order valence-corrected chi connectivity index (χ1v) is 7.02. The molecular formula is C13H23N3O2. The van der Waals surface area contributed by atoms with Crippen LogP contribution < -0.4 is 10.6 Å². The summed E-state index contributed by atoms with van der Waals surface area (Å²) in [5.74, 6) is 0.352. The predicted octanol–water partition coefficient (Wildman–Crippen LogP) is 0.256. The summed E-state index contributed by atoms with van der Waals surface area (Å²) >= 11 is 0. The van der Waals surface area contributed by atoms with Crippen LogP contribution in [0, 0.1) is 0 Å². The highest BCUT2D eigenvalue weighted by atomic mass is 16.2. The Bertz CT molecular complexity index is 305. The Morgan fingerprint density at radius 3 is 2.56 bits per heavy atom. The Hall–Kier alpha value is -1.10.